The number of unbranched alkanes of at least 4 members (excludes halogenated alkanes) is 3. The SMILES string of the molecule is CCCCCCC1CCC2CC(c3ccc4c(OC(F)(F)F)cccc4c3)CCC2C1. The molecule has 2 fully saturated rings. The molecule has 2 aliphatic carbocycles. The van der Waals surface area contributed by atoms with Gasteiger partial charge in [-0.1, -0.05) is 75.8 Å². The highest BCUT2D eigenvalue weighted by atomic mass is 19.4. The normalized spacial score (nSPS) is 26.6. The lowest BCUT2D eigenvalue weighted by molar-refractivity contribution is -0.274. The molecule has 4 unspecified atom stereocenters. The predicted octanol–water partition coefficient (Wildman–Crippen LogP) is 9.01. The zero-order valence-corrected chi connectivity index (χ0v) is 18.6. The van der Waals surface area contributed by atoms with E-state index >= 15 is 0 Å². The Morgan fingerprint density at radius 1 is 0.903 bits per heavy atom. The minimum Gasteiger partial charge on any atom is -0.405 e. The van der Waals surface area contributed by atoms with Crippen LogP contribution in [0.4, 0.5) is 13.2 Å². The second-order valence-corrected chi connectivity index (χ2v) is 9.84. The minimum absolute atomic E-state index is 0.113. The largest absolute Gasteiger partial charge is 0.573 e. The second kappa shape index (κ2) is 9.83. The van der Waals surface area contributed by atoms with Crippen molar-refractivity contribution in [2.45, 2.75) is 89.8 Å². The van der Waals surface area contributed by atoms with E-state index in [2.05, 4.69) is 17.7 Å². The Labute approximate surface area is 184 Å². The number of rotatable bonds is 7. The van der Waals surface area contributed by atoms with E-state index in [0.717, 1.165) is 23.1 Å². The first-order chi connectivity index (χ1) is 14.9. The van der Waals surface area contributed by atoms with Crippen LogP contribution in [-0.2, 0) is 0 Å². The number of hydrogen-bond acceptors (Lipinski definition) is 1. The highest BCUT2D eigenvalue weighted by Crippen LogP contribution is 2.48. The molecule has 0 N–H and O–H groups in total. The van der Waals surface area contributed by atoms with Crippen molar-refractivity contribution in [2.75, 3.05) is 0 Å². The molecular formula is C27H35F3O. The standard InChI is InChI=1S/C27H35F3O/c1-2-3-4-5-7-19-10-11-21-17-22(13-12-20(21)16-19)23-14-15-25-24(18-23)8-6-9-26(25)31-27(28,29)30/h6,8-9,14-15,18-22H,2-5,7,10-13,16-17H2,1H3. The van der Waals surface area contributed by atoms with Gasteiger partial charge in [-0.05, 0) is 72.8 Å². The third-order valence-corrected chi connectivity index (χ3v) is 7.75. The maximum atomic E-state index is 12.7. The Bertz CT molecular complexity index is 859. The van der Waals surface area contributed by atoms with Gasteiger partial charge in [0.25, 0.3) is 0 Å². The summed E-state index contributed by atoms with van der Waals surface area (Å²) in [5.74, 6) is 3.05. The first kappa shape index (κ1) is 22.5. The van der Waals surface area contributed by atoms with Gasteiger partial charge in [0.1, 0.15) is 5.75 Å². The van der Waals surface area contributed by atoms with Crippen LogP contribution in [0.5, 0.6) is 5.75 Å². The lowest BCUT2D eigenvalue weighted by Gasteiger charge is -2.42. The summed E-state index contributed by atoms with van der Waals surface area (Å²) in [6.07, 6.45) is 10.1. The Morgan fingerprint density at radius 3 is 2.52 bits per heavy atom. The molecule has 0 radical (unpaired) electrons. The number of alkyl halides is 3. The molecule has 1 nitrogen and oxygen atoms in total. The third-order valence-electron chi connectivity index (χ3n) is 7.75. The number of halogens is 3. The number of benzene rings is 2. The van der Waals surface area contributed by atoms with Crippen molar-refractivity contribution >= 4 is 10.8 Å². The summed E-state index contributed by atoms with van der Waals surface area (Å²) < 4.78 is 42.3. The first-order valence-corrected chi connectivity index (χ1v) is 12.2. The van der Waals surface area contributed by atoms with E-state index < -0.39 is 6.36 Å². The lowest BCUT2D eigenvalue weighted by atomic mass is 9.63. The van der Waals surface area contributed by atoms with E-state index in [1.165, 1.54) is 82.3 Å². The zero-order chi connectivity index (χ0) is 21.8. The van der Waals surface area contributed by atoms with Gasteiger partial charge in [0.15, 0.2) is 0 Å². The molecule has 4 rings (SSSR count). The molecule has 2 aromatic rings. The quantitative estimate of drug-likeness (QED) is 0.397. The summed E-state index contributed by atoms with van der Waals surface area (Å²) in [5, 5.41) is 1.36. The Hall–Kier alpha value is -1.71. The highest BCUT2D eigenvalue weighted by Gasteiger charge is 2.36. The van der Waals surface area contributed by atoms with Gasteiger partial charge in [-0.3, -0.25) is 0 Å². The number of fused-ring (bicyclic) bond motifs is 2. The fraction of sp³-hybridized carbons (Fsp3) is 0.630. The Balaban J connectivity index is 1.38. The van der Waals surface area contributed by atoms with E-state index in [9.17, 15) is 13.2 Å². The molecule has 2 aromatic carbocycles. The molecule has 0 aromatic heterocycles. The Kier molecular flexibility index (Phi) is 7.13. The number of ether oxygens (including phenoxy) is 1. The van der Waals surface area contributed by atoms with Crippen molar-refractivity contribution in [3.05, 3.63) is 42.0 Å². The summed E-state index contributed by atoms with van der Waals surface area (Å²) in [5.41, 5.74) is 1.27. The van der Waals surface area contributed by atoms with Crippen LogP contribution in [0.2, 0.25) is 0 Å². The van der Waals surface area contributed by atoms with Gasteiger partial charge in [0.2, 0.25) is 0 Å². The maximum Gasteiger partial charge on any atom is 0.573 e. The first-order valence-electron chi connectivity index (χ1n) is 12.2. The summed E-state index contributed by atoms with van der Waals surface area (Å²) in [6, 6.07) is 10.8. The molecule has 0 heterocycles. The van der Waals surface area contributed by atoms with Crippen LogP contribution in [0.15, 0.2) is 36.4 Å². The topological polar surface area (TPSA) is 9.23 Å². The van der Waals surface area contributed by atoms with E-state index in [-0.39, 0.29) is 5.75 Å². The monoisotopic (exact) mass is 432 g/mol. The molecule has 2 saturated carbocycles. The van der Waals surface area contributed by atoms with Crippen molar-refractivity contribution in [3.8, 4) is 5.75 Å². The van der Waals surface area contributed by atoms with Gasteiger partial charge in [-0.25, -0.2) is 0 Å². The lowest BCUT2D eigenvalue weighted by Crippen LogP contribution is -2.30. The van der Waals surface area contributed by atoms with E-state index in [0.29, 0.717) is 11.3 Å². The smallest absolute Gasteiger partial charge is 0.405 e. The van der Waals surface area contributed by atoms with Gasteiger partial charge in [-0.2, -0.15) is 0 Å². The van der Waals surface area contributed by atoms with Crippen molar-refractivity contribution in [1.29, 1.82) is 0 Å². The minimum atomic E-state index is -4.67. The van der Waals surface area contributed by atoms with E-state index in [1.807, 2.05) is 18.2 Å². The molecule has 31 heavy (non-hydrogen) atoms. The van der Waals surface area contributed by atoms with Gasteiger partial charge < -0.3 is 4.74 Å². The fourth-order valence-electron chi connectivity index (χ4n) is 6.15. The van der Waals surface area contributed by atoms with Crippen molar-refractivity contribution in [3.63, 3.8) is 0 Å². The molecule has 0 amide bonds. The van der Waals surface area contributed by atoms with Crippen LogP contribution in [0, 0.1) is 17.8 Å². The zero-order valence-electron chi connectivity index (χ0n) is 18.6. The predicted molar refractivity (Wildman–Crippen MR) is 120 cm³/mol. The van der Waals surface area contributed by atoms with Crippen molar-refractivity contribution < 1.29 is 17.9 Å². The van der Waals surface area contributed by atoms with Gasteiger partial charge in [0.05, 0.1) is 0 Å². The molecule has 4 atom stereocenters. The van der Waals surface area contributed by atoms with Gasteiger partial charge in [0, 0.05) is 5.39 Å². The van der Waals surface area contributed by atoms with Crippen molar-refractivity contribution in [1.82, 2.24) is 0 Å². The van der Waals surface area contributed by atoms with Gasteiger partial charge >= 0.3 is 6.36 Å². The van der Waals surface area contributed by atoms with Crippen LogP contribution in [0.25, 0.3) is 10.8 Å². The highest BCUT2D eigenvalue weighted by molar-refractivity contribution is 5.89. The molecule has 0 spiro atoms. The molecule has 4 heteroatoms. The molecule has 2 aliphatic rings. The number of hydrogen-bond donors (Lipinski definition) is 0. The van der Waals surface area contributed by atoms with Crippen LogP contribution < -0.4 is 4.74 Å². The molecule has 0 bridgehead atoms. The molecular weight excluding hydrogens is 397 g/mol. The fourth-order valence-corrected chi connectivity index (χ4v) is 6.15. The maximum absolute atomic E-state index is 12.7. The van der Waals surface area contributed by atoms with Crippen LogP contribution in [0.3, 0.4) is 0 Å². The average molecular weight is 433 g/mol. The second-order valence-electron chi connectivity index (χ2n) is 9.84. The molecule has 0 saturated heterocycles. The summed E-state index contributed by atoms with van der Waals surface area (Å²) in [6.45, 7) is 2.27. The summed E-state index contributed by atoms with van der Waals surface area (Å²) in [7, 11) is 0. The molecule has 0 aliphatic heterocycles. The van der Waals surface area contributed by atoms with Crippen LogP contribution in [0.1, 0.15) is 89.0 Å². The third kappa shape index (κ3) is 5.75. The van der Waals surface area contributed by atoms with Crippen molar-refractivity contribution in [2.24, 2.45) is 17.8 Å². The summed E-state index contributed by atoms with van der Waals surface area (Å²) in [4.78, 5) is 0. The average Bonchev–Trinajstić information content (AvgIpc) is 2.75. The Morgan fingerprint density at radius 2 is 1.71 bits per heavy atom. The molecule has 170 valence electrons. The summed E-state index contributed by atoms with van der Waals surface area (Å²) >= 11 is 0. The van der Waals surface area contributed by atoms with E-state index in [4.69, 9.17) is 0 Å². The van der Waals surface area contributed by atoms with E-state index in [1.54, 1.807) is 6.07 Å². The van der Waals surface area contributed by atoms with Crippen LogP contribution >= 0.6 is 0 Å². The van der Waals surface area contributed by atoms with Crippen LogP contribution in [-0.4, -0.2) is 6.36 Å². The van der Waals surface area contributed by atoms with Gasteiger partial charge in [-0.15, -0.1) is 13.2 Å².